The number of nitrogens with one attached hydrogen (secondary N) is 2. The van der Waals surface area contributed by atoms with Crippen LogP contribution in [-0.2, 0) is 19.7 Å². The first-order valence-electron chi connectivity index (χ1n) is 4.49. The van der Waals surface area contributed by atoms with Gasteiger partial charge in [0.1, 0.15) is 10.9 Å². The van der Waals surface area contributed by atoms with Crippen LogP contribution >= 0.6 is 0 Å². The maximum Gasteiger partial charge on any atom is 0.274 e. The molecule has 0 bridgehead atoms. The van der Waals surface area contributed by atoms with Gasteiger partial charge in [0.05, 0.1) is 0 Å². The number of carbonyl (C=O) groups excluding carboxylic acids is 2. The Hall–Kier alpha value is -1.15. The predicted molar refractivity (Wildman–Crippen MR) is 57.0 cm³/mol. The second-order valence-corrected chi connectivity index (χ2v) is 5.91. The molecule has 0 saturated carbocycles. The second-order valence-electron chi connectivity index (χ2n) is 3.91. The fourth-order valence-electron chi connectivity index (χ4n) is 0.939. The standard InChI is InChI=1S/C8H16N2O5S/c1-5(11)9-7(10-6(2)12)8(3,4)16(13,14)15/h7H,1-4H3,(H,9,11)(H,10,12)(H,13,14,15). The predicted octanol–water partition coefficient (Wildman–Crippen LogP) is -0.749. The quantitative estimate of drug-likeness (QED) is 0.450. The molecule has 0 spiro atoms. The van der Waals surface area contributed by atoms with Crippen molar-refractivity contribution in [2.24, 2.45) is 0 Å². The lowest BCUT2D eigenvalue weighted by Crippen LogP contribution is -2.61. The van der Waals surface area contributed by atoms with Gasteiger partial charge in [-0.3, -0.25) is 14.1 Å². The molecule has 0 aromatic carbocycles. The Bertz CT molecular complexity index is 371. The summed E-state index contributed by atoms with van der Waals surface area (Å²) in [5.74, 6) is -1.04. The molecule has 0 atom stereocenters. The van der Waals surface area contributed by atoms with Crippen molar-refractivity contribution in [3.05, 3.63) is 0 Å². The normalized spacial score (nSPS) is 12.4. The number of carbonyl (C=O) groups is 2. The van der Waals surface area contributed by atoms with E-state index in [1.54, 1.807) is 0 Å². The van der Waals surface area contributed by atoms with Crippen molar-refractivity contribution < 1.29 is 22.6 Å². The Kier molecular flexibility index (Phi) is 4.45. The number of hydrogen-bond donors (Lipinski definition) is 3. The second kappa shape index (κ2) is 4.79. The maximum atomic E-state index is 11.1. The summed E-state index contributed by atoms with van der Waals surface area (Å²) in [5.41, 5.74) is 0. The Balaban J connectivity index is 5.17. The largest absolute Gasteiger partial charge is 0.335 e. The van der Waals surface area contributed by atoms with E-state index in [0.29, 0.717) is 0 Å². The molecule has 2 amide bonds. The van der Waals surface area contributed by atoms with E-state index < -0.39 is 32.8 Å². The lowest BCUT2D eigenvalue weighted by molar-refractivity contribution is -0.122. The summed E-state index contributed by atoms with van der Waals surface area (Å²) in [7, 11) is -4.42. The summed E-state index contributed by atoms with van der Waals surface area (Å²) < 4.78 is 29.5. The molecule has 0 unspecified atom stereocenters. The van der Waals surface area contributed by atoms with Crippen LogP contribution < -0.4 is 10.6 Å². The molecule has 94 valence electrons. The van der Waals surface area contributed by atoms with Crippen LogP contribution in [0.5, 0.6) is 0 Å². The highest BCUT2D eigenvalue weighted by Gasteiger charge is 2.42. The van der Waals surface area contributed by atoms with Gasteiger partial charge in [-0.05, 0) is 13.8 Å². The molecule has 0 aliphatic carbocycles. The van der Waals surface area contributed by atoms with Crippen LogP contribution in [0.1, 0.15) is 27.7 Å². The van der Waals surface area contributed by atoms with E-state index >= 15 is 0 Å². The van der Waals surface area contributed by atoms with Crippen molar-refractivity contribution >= 4 is 21.9 Å². The molecule has 8 heteroatoms. The van der Waals surface area contributed by atoms with E-state index in [1.165, 1.54) is 27.7 Å². The summed E-state index contributed by atoms with van der Waals surface area (Å²) in [6, 6.07) is 0. The summed E-state index contributed by atoms with van der Waals surface area (Å²) in [4.78, 5) is 21.7. The number of amides is 2. The lowest BCUT2D eigenvalue weighted by Gasteiger charge is -2.31. The molecule has 3 N–H and O–H groups in total. The summed E-state index contributed by atoms with van der Waals surface area (Å²) in [5, 5.41) is 4.50. The van der Waals surface area contributed by atoms with Gasteiger partial charge in [-0.25, -0.2) is 0 Å². The third kappa shape index (κ3) is 3.78. The zero-order chi connectivity index (χ0) is 13.1. The third-order valence-corrected chi connectivity index (χ3v) is 3.62. The first kappa shape index (κ1) is 14.8. The first-order valence-corrected chi connectivity index (χ1v) is 5.93. The fraction of sp³-hybridized carbons (Fsp3) is 0.750. The van der Waals surface area contributed by atoms with Gasteiger partial charge in [0, 0.05) is 13.8 Å². The van der Waals surface area contributed by atoms with Crippen molar-refractivity contribution in [1.82, 2.24) is 10.6 Å². The maximum absolute atomic E-state index is 11.1. The Morgan fingerprint density at radius 2 is 1.44 bits per heavy atom. The SMILES string of the molecule is CC(=O)NC(NC(C)=O)C(C)(C)S(=O)(=O)O. The van der Waals surface area contributed by atoms with E-state index in [-0.39, 0.29) is 0 Å². The van der Waals surface area contributed by atoms with Gasteiger partial charge < -0.3 is 10.6 Å². The summed E-state index contributed by atoms with van der Waals surface area (Å²) >= 11 is 0. The van der Waals surface area contributed by atoms with Crippen LogP contribution in [0.3, 0.4) is 0 Å². The monoisotopic (exact) mass is 252 g/mol. The minimum Gasteiger partial charge on any atom is -0.335 e. The van der Waals surface area contributed by atoms with Gasteiger partial charge in [-0.15, -0.1) is 0 Å². The molecular weight excluding hydrogens is 236 g/mol. The van der Waals surface area contributed by atoms with Crippen molar-refractivity contribution in [2.45, 2.75) is 38.6 Å². The average molecular weight is 252 g/mol. The molecular formula is C8H16N2O5S. The van der Waals surface area contributed by atoms with Gasteiger partial charge in [-0.2, -0.15) is 8.42 Å². The molecule has 0 aromatic heterocycles. The van der Waals surface area contributed by atoms with Crippen molar-refractivity contribution in [3.63, 3.8) is 0 Å². The van der Waals surface area contributed by atoms with Gasteiger partial charge in [-0.1, -0.05) is 0 Å². The third-order valence-electron chi connectivity index (χ3n) is 2.06. The van der Waals surface area contributed by atoms with Crippen LogP contribution in [0.4, 0.5) is 0 Å². The molecule has 0 aliphatic heterocycles. The smallest absolute Gasteiger partial charge is 0.274 e. The van der Waals surface area contributed by atoms with E-state index in [9.17, 15) is 18.0 Å². The van der Waals surface area contributed by atoms with Crippen LogP contribution in [0.25, 0.3) is 0 Å². The van der Waals surface area contributed by atoms with E-state index in [4.69, 9.17) is 4.55 Å². The van der Waals surface area contributed by atoms with Gasteiger partial charge >= 0.3 is 0 Å². The molecule has 0 heterocycles. The zero-order valence-corrected chi connectivity index (χ0v) is 10.4. The van der Waals surface area contributed by atoms with Gasteiger partial charge in [0.25, 0.3) is 10.1 Å². The highest BCUT2D eigenvalue weighted by molar-refractivity contribution is 7.87. The Morgan fingerprint density at radius 1 is 1.12 bits per heavy atom. The molecule has 7 nitrogen and oxygen atoms in total. The highest BCUT2D eigenvalue weighted by atomic mass is 32.2. The Labute approximate surface area is 94.3 Å². The minimum atomic E-state index is -4.42. The van der Waals surface area contributed by atoms with E-state index in [2.05, 4.69) is 10.6 Å². The average Bonchev–Trinajstić information content (AvgIpc) is 1.98. The highest BCUT2D eigenvalue weighted by Crippen LogP contribution is 2.18. The molecule has 0 saturated heterocycles. The van der Waals surface area contributed by atoms with Crippen LogP contribution in [0.15, 0.2) is 0 Å². The van der Waals surface area contributed by atoms with Crippen LogP contribution in [0.2, 0.25) is 0 Å². The molecule has 0 rings (SSSR count). The van der Waals surface area contributed by atoms with Crippen molar-refractivity contribution in [3.8, 4) is 0 Å². The van der Waals surface area contributed by atoms with Gasteiger partial charge in [0.15, 0.2) is 0 Å². The van der Waals surface area contributed by atoms with E-state index in [1.807, 2.05) is 0 Å². The van der Waals surface area contributed by atoms with Crippen molar-refractivity contribution in [1.29, 1.82) is 0 Å². The molecule has 0 aromatic rings. The lowest BCUT2D eigenvalue weighted by atomic mass is 10.1. The first-order chi connectivity index (χ1) is 6.98. The van der Waals surface area contributed by atoms with Crippen molar-refractivity contribution in [2.75, 3.05) is 0 Å². The summed E-state index contributed by atoms with van der Waals surface area (Å²) in [6.45, 7) is 4.74. The number of hydrogen-bond acceptors (Lipinski definition) is 4. The molecule has 0 radical (unpaired) electrons. The summed E-state index contributed by atoms with van der Waals surface area (Å²) in [6.07, 6.45) is -1.20. The zero-order valence-electron chi connectivity index (χ0n) is 9.57. The Morgan fingerprint density at radius 3 is 1.62 bits per heavy atom. The molecule has 0 aliphatic rings. The molecule has 0 fully saturated rings. The molecule has 16 heavy (non-hydrogen) atoms. The van der Waals surface area contributed by atoms with Crippen LogP contribution in [-0.4, -0.2) is 35.7 Å². The minimum absolute atomic E-state index is 0.518. The van der Waals surface area contributed by atoms with Gasteiger partial charge in [0.2, 0.25) is 11.8 Å². The fourth-order valence-corrected chi connectivity index (χ4v) is 1.35. The van der Waals surface area contributed by atoms with E-state index in [0.717, 1.165) is 0 Å². The topological polar surface area (TPSA) is 113 Å². The van der Waals surface area contributed by atoms with Crippen LogP contribution in [0, 0.1) is 0 Å². The number of rotatable bonds is 4.